The third-order valence-corrected chi connectivity index (χ3v) is 7.14. The minimum atomic E-state index is -3.50. The summed E-state index contributed by atoms with van der Waals surface area (Å²) in [6, 6.07) is 16.1. The van der Waals surface area contributed by atoms with Crippen molar-refractivity contribution < 1.29 is 13.5 Å². The molecule has 0 aliphatic heterocycles. The van der Waals surface area contributed by atoms with Gasteiger partial charge in [0.05, 0.1) is 18.0 Å². The molecule has 3 N–H and O–H groups in total. The summed E-state index contributed by atoms with van der Waals surface area (Å²) in [6.45, 7) is 8.75. The first-order valence-corrected chi connectivity index (χ1v) is 11.9. The highest BCUT2D eigenvalue weighted by atomic mass is 32.2. The zero-order chi connectivity index (χ0) is 23.1. The van der Waals surface area contributed by atoms with Gasteiger partial charge in [0.1, 0.15) is 5.60 Å². The molecule has 0 radical (unpaired) electrons. The van der Waals surface area contributed by atoms with Crippen molar-refractivity contribution >= 4 is 16.0 Å². The van der Waals surface area contributed by atoms with E-state index in [0.29, 0.717) is 25.6 Å². The molecule has 0 heterocycles. The van der Waals surface area contributed by atoms with Crippen molar-refractivity contribution in [1.29, 1.82) is 0 Å². The normalized spacial score (nSPS) is 14.5. The van der Waals surface area contributed by atoms with E-state index >= 15 is 0 Å². The van der Waals surface area contributed by atoms with Crippen molar-refractivity contribution in [3.05, 3.63) is 65.7 Å². The predicted octanol–water partition coefficient (Wildman–Crippen LogP) is 2.68. The van der Waals surface area contributed by atoms with Crippen LogP contribution in [0.15, 0.2) is 64.5 Å². The van der Waals surface area contributed by atoms with Crippen LogP contribution in [-0.4, -0.2) is 50.0 Å². The van der Waals surface area contributed by atoms with Gasteiger partial charge in [0, 0.05) is 19.6 Å². The number of nitrogens with zero attached hydrogens (tertiary/aromatic N) is 2. The molecule has 0 bridgehead atoms. The van der Waals surface area contributed by atoms with Crippen LogP contribution in [-0.2, 0) is 22.2 Å². The largest absolute Gasteiger partial charge is 0.384 e. The van der Waals surface area contributed by atoms with Gasteiger partial charge in [-0.25, -0.2) is 13.4 Å². The van der Waals surface area contributed by atoms with Crippen LogP contribution in [0, 0.1) is 0 Å². The Balaban J connectivity index is 2.07. The highest BCUT2D eigenvalue weighted by molar-refractivity contribution is 7.89. The fourth-order valence-electron chi connectivity index (χ4n) is 2.88. The summed E-state index contributed by atoms with van der Waals surface area (Å²) in [7, 11) is -1.92. The molecule has 8 heteroatoms. The standard InChI is InChI=1S/C23H34N4O3S/c1-6-24-22(26-17-23(4,28)20-10-8-7-9-11-20)25-16-19-12-14-21(15-13-19)31(29,30)27(5)18(2)3/h7-15,18,28H,6,16-17H2,1-5H3,(H2,24,25,26). The van der Waals surface area contributed by atoms with Gasteiger partial charge in [-0.1, -0.05) is 42.5 Å². The molecule has 0 saturated heterocycles. The topological polar surface area (TPSA) is 94.0 Å². The second kappa shape index (κ2) is 10.7. The van der Waals surface area contributed by atoms with E-state index in [-0.39, 0.29) is 10.9 Å². The summed E-state index contributed by atoms with van der Waals surface area (Å²) in [5.41, 5.74) is 0.662. The predicted molar refractivity (Wildman–Crippen MR) is 125 cm³/mol. The molecule has 2 aromatic carbocycles. The molecule has 0 spiro atoms. The number of aliphatic hydroxyl groups is 1. The van der Waals surface area contributed by atoms with E-state index in [2.05, 4.69) is 15.6 Å². The number of nitrogens with one attached hydrogen (secondary N) is 2. The summed E-state index contributed by atoms with van der Waals surface area (Å²) >= 11 is 0. The summed E-state index contributed by atoms with van der Waals surface area (Å²) in [5.74, 6) is 0.579. The quantitative estimate of drug-likeness (QED) is 0.407. The van der Waals surface area contributed by atoms with Crippen LogP contribution >= 0.6 is 0 Å². The maximum absolute atomic E-state index is 12.6. The Morgan fingerprint density at radius 2 is 1.71 bits per heavy atom. The average Bonchev–Trinajstić information content (AvgIpc) is 2.76. The molecule has 0 saturated carbocycles. The van der Waals surface area contributed by atoms with E-state index in [4.69, 9.17) is 0 Å². The van der Waals surface area contributed by atoms with Gasteiger partial charge in [0.15, 0.2) is 5.96 Å². The van der Waals surface area contributed by atoms with Gasteiger partial charge < -0.3 is 15.7 Å². The highest BCUT2D eigenvalue weighted by Gasteiger charge is 2.24. The van der Waals surface area contributed by atoms with Crippen LogP contribution in [0.4, 0.5) is 0 Å². The van der Waals surface area contributed by atoms with Gasteiger partial charge in [0.2, 0.25) is 10.0 Å². The van der Waals surface area contributed by atoms with Gasteiger partial charge in [-0.05, 0) is 51.0 Å². The Hall–Kier alpha value is -2.42. The van der Waals surface area contributed by atoms with Gasteiger partial charge in [-0.3, -0.25) is 0 Å². The first-order chi connectivity index (χ1) is 14.6. The molecular formula is C23H34N4O3S. The fraction of sp³-hybridized carbons (Fsp3) is 0.435. The molecule has 0 aromatic heterocycles. The Morgan fingerprint density at radius 3 is 2.26 bits per heavy atom. The zero-order valence-electron chi connectivity index (χ0n) is 19.0. The second-order valence-corrected chi connectivity index (χ2v) is 9.95. The molecule has 0 amide bonds. The molecule has 0 aliphatic carbocycles. The Morgan fingerprint density at radius 1 is 1.10 bits per heavy atom. The van der Waals surface area contributed by atoms with Crippen LogP contribution < -0.4 is 10.6 Å². The number of aliphatic imine (C=N–C) groups is 1. The lowest BCUT2D eigenvalue weighted by Gasteiger charge is -2.25. The Labute approximate surface area is 186 Å². The minimum Gasteiger partial charge on any atom is -0.384 e. The maximum Gasteiger partial charge on any atom is 0.243 e. The van der Waals surface area contributed by atoms with E-state index in [1.165, 1.54) is 4.31 Å². The SMILES string of the molecule is CCNC(=NCc1ccc(S(=O)(=O)N(C)C(C)C)cc1)NCC(C)(O)c1ccccc1. The number of hydrogen-bond acceptors (Lipinski definition) is 4. The van der Waals surface area contributed by atoms with E-state index in [1.807, 2.05) is 51.1 Å². The van der Waals surface area contributed by atoms with Crippen molar-refractivity contribution in [2.24, 2.45) is 4.99 Å². The summed E-state index contributed by atoms with van der Waals surface area (Å²) in [4.78, 5) is 4.82. The maximum atomic E-state index is 12.6. The lowest BCUT2D eigenvalue weighted by atomic mass is 9.96. The highest BCUT2D eigenvalue weighted by Crippen LogP contribution is 2.19. The number of guanidine groups is 1. The lowest BCUT2D eigenvalue weighted by Crippen LogP contribution is -2.44. The van der Waals surface area contributed by atoms with Gasteiger partial charge in [-0.15, -0.1) is 0 Å². The van der Waals surface area contributed by atoms with E-state index in [1.54, 1.807) is 38.2 Å². The van der Waals surface area contributed by atoms with Crippen LogP contribution in [0.1, 0.15) is 38.8 Å². The van der Waals surface area contributed by atoms with Gasteiger partial charge >= 0.3 is 0 Å². The van der Waals surface area contributed by atoms with E-state index in [0.717, 1.165) is 11.1 Å². The molecule has 7 nitrogen and oxygen atoms in total. The zero-order valence-corrected chi connectivity index (χ0v) is 19.8. The van der Waals surface area contributed by atoms with Gasteiger partial charge in [0.25, 0.3) is 0 Å². The molecule has 1 atom stereocenters. The van der Waals surface area contributed by atoms with Crippen LogP contribution in [0.5, 0.6) is 0 Å². The van der Waals surface area contributed by atoms with Crippen LogP contribution in [0.25, 0.3) is 0 Å². The third kappa shape index (κ3) is 6.78. The molecule has 0 fully saturated rings. The van der Waals surface area contributed by atoms with Crippen molar-refractivity contribution in [1.82, 2.24) is 14.9 Å². The monoisotopic (exact) mass is 446 g/mol. The lowest BCUT2D eigenvalue weighted by molar-refractivity contribution is 0.0617. The smallest absolute Gasteiger partial charge is 0.243 e. The van der Waals surface area contributed by atoms with Crippen molar-refractivity contribution in [2.75, 3.05) is 20.1 Å². The number of hydrogen-bond donors (Lipinski definition) is 3. The molecule has 1 unspecified atom stereocenters. The van der Waals surface area contributed by atoms with Crippen molar-refractivity contribution in [3.63, 3.8) is 0 Å². The van der Waals surface area contributed by atoms with Gasteiger partial charge in [-0.2, -0.15) is 4.31 Å². The average molecular weight is 447 g/mol. The third-order valence-electron chi connectivity index (χ3n) is 5.09. The molecule has 170 valence electrons. The molecule has 0 aliphatic rings. The molecule has 2 rings (SSSR count). The Kier molecular flexibility index (Phi) is 8.61. The Bertz CT molecular complexity index is 956. The number of benzene rings is 2. The van der Waals surface area contributed by atoms with Crippen molar-refractivity contribution in [3.8, 4) is 0 Å². The van der Waals surface area contributed by atoms with Crippen LogP contribution in [0.3, 0.4) is 0 Å². The summed E-state index contributed by atoms with van der Waals surface area (Å²) in [6.07, 6.45) is 0. The van der Waals surface area contributed by atoms with E-state index in [9.17, 15) is 13.5 Å². The summed E-state index contributed by atoms with van der Waals surface area (Å²) in [5, 5.41) is 17.1. The number of sulfonamides is 1. The van der Waals surface area contributed by atoms with E-state index < -0.39 is 15.6 Å². The first-order valence-electron chi connectivity index (χ1n) is 10.4. The minimum absolute atomic E-state index is 0.115. The molecular weight excluding hydrogens is 412 g/mol. The summed E-state index contributed by atoms with van der Waals surface area (Å²) < 4.78 is 26.5. The first kappa shape index (κ1) is 24.8. The second-order valence-electron chi connectivity index (χ2n) is 7.95. The molecule has 2 aromatic rings. The fourth-order valence-corrected chi connectivity index (χ4v) is 4.25. The van der Waals surface area contributed by atoms with Crippen LogP contribution in [0.2, 0.25) is 0 Å². The number of rotatable bonds is 9. The molecule has 31 heavy (non-hydrogen) atoms. The van der Waals surface area contributed by atoms with Crippen molar-refractivity contribution in [2.45, 2.75) is 50.8 Å².